The number of carbonyl (C=O) groups excluding carboxylic acids is 2. The van der Waals surface area contributed by atoms with Crippen molar-refractivity contribution in [1.82, 2.24) is 10.6 Å². The Morgan fingerprint density at radius 3 is 2.29 bits per heavy atom. The van der Waals surface area contributed by atoms with Gasteiger partial charge in [0.15, 0.2) is 6.04 Å². The van der Waals surface area contributed by atoms with Gasteiger partial charge in [0.25, 0.3) is 0 Å². The van der Waals surface area contributed by atoms with Crippen LogP contribution in [-0.4, -0.2) is 41.9 Å². The predicted octanol–water partition coefficient (Wildman–Crippen LogP) is 1.96. The Bertz CT molecular complexity index is 517. The van der Waals surface area contributed by atoms with Gasteiger partial charge in [-0.15, -0.1) is 0 Å². The molecule has 0 aromatic carbocycles. The summed E-state index contributed by atoms with van der Waals surface area (Å²) in [7, 11) is 0. The van der Waals surface area contributed by atoms with E-state index in [4.69, 9.17) is 4.74 Å². The third-order valence-electron chi connectivity index (χ3n) is 6.06. The van der Waals surface area contributed by atoms with Crippen LogP contribution in [-0.2, 0) is 9.53 Å². The molecule has 0 aliphatic heterocycles. The molecule has 4 aliphatic rings. The Labute approximate surface area is 143 Å². The van der Waals surface area contributed by atoms with Crippen molar-refractivity contribution in [1.29, 1.82) is 0 Å². The molecular formula is C18H30N2O4. The zero-order valence-electron chi connectivity index (χ0n) is 15.0. The molecule has 4 rings (SSSR count). The summed E-state index contributed by atoms with van der Waals surface area (Å²) < 4.78 is 4.88. The Kier molecular flexibility index (Phi) is 4.31. The number of hydrogen-bond acceptors (Lipinski definition) is 4. The van der Waals surface area contributed by atoms with E-state index in [2.05, 4.69) is 24.5 Å². The predicted molar refractivity (Wildman–Crippen MR) is 89.3 cm³/mol. The molecule has 2 amide bonds. The number of aliphatic hydroxyl groups is 1. The van der Waals surface area contributed by atoms with Gasteiger partial charge < -0.3 is 20.5 Å². The maximum atomic E-state index is 12.5. The normalized spacial score (nSPS) is 40.9. The first-order valence-corrected chi connectivity index (χ1v) is 9.07. The number of amides is 2. The van der Waals surface area contributed by atoms with Crippen LogP contribution in [0.4, 0.5) is 4.79 Å². The molecular weight excluding hydrogens is 308 g/mol. The van der Waals surface area contributed by atoms with Gasteiger partial charge in [0.05, 0.1) is 13.2 Å². The molecule has 4 bridgehead atoms. The van der Waals surface area contributed by atoms with Crippen molar-refractivity contribution in [2.75, 3.05) is 13.2 Å². The summed E-state index contributed by atoms with van der Waals surface area (Å²) >= 11 is 0. The van der Waals surface area contributed by atoms with E-state index in [0.29, 0.717) is 16.7 Å². The Hall–Kier alpha value is -1.30. The van der Waals surface area contributed by atoms with Gasteiger partial charge in [-0.1, -0.05) is 13.8 Å². The van der Waals surface area contributed by atoms with Crippen LogP contribution in [0.5, 0.6) is 0 Å². The summed E-state index contributed by atoms with van der Waals surface area (Å²) in [4.78, 5) is 24.2. The molecule has 0 saturated heterocycles. The minimum atomic E-state index is -1.01. The van der Waals surface area contributed by atoms with E-state index in [1.165, 1.54) is 19.3 Å². The standard InChI is InChI=1S/C18H30N2O4/c1-4-24-14(22)13(8-21)19-15(23)20-18-7-12-5-16(2,10-18)9-17(3,6-12)11-18/h12-13,21H,4-11H2,1-3H3,(H2,19,20,23)/t12?,13-,16?,17?,18?/m0/s1. The van der Waals surface area contributed by atoms with Crippen molar-refractivity contribution >= 4 is 12.0 Å². The van der Waals surface area contributed by atoms with E-state index < -0.39 is 18.6 Å². The molecule has 0 aromatic rings. The van der Waals surface area contributed by atoms with E-state index in [1.54, 1.807) is 6.92 Å². The zero-order chi connectivity index (χ0) is 17.6. The third-order valence-corrected chi connectivity index (χ3v) is 6.06. The van der Waals surface area contributed by atoms with E-state index in [0.717, 1.165) is 19.3 Å². The first-order valence-electron chi connectivity index (χ1n) is 9.07. The second-order valence-electron chi connectivity index (χ2n) is 9.00. The summed E-state index contributed by atoms with van der Waals surface area (Å²) in [6.45, 7) is 6.15. The minimum absolute atomic E-state index is 0.179. The summed E-state index contributed by atoms with van der Waals surface area (Å²) in [5.41, 5.74) is 0.430. The molecule has 3 N–H and O–H groups in total. The van der Waals surface area contributed by atoms with E-state index in [1.807, 2.05) is 0 Å². The first kappa shape index (κ1) is 17.5. The molecule has 4 fully saturated rings. The van der Waals surface area contributed by atoms with Crippen LogP contribution in [0.2, 0.25) is 0 Å². The van der Waals surface area contributed by atoms with Crippen LogP contribution in [0, 0.1) is 16.7 Å². The molecule has 4 saturated carbocycles. The second-order valence-corrected chi connectivity index (χ2v) is 9.00. The Morgan fingerprint density at radius 2 is 1.79 bits per heavy atom. The SMILES string of the molecule is CCOC(=O)[C@H](CO)NC(=O)NC12CC3CC(C)(CC(C)(C3)C1)C2. The smallest absolute Gasteiger partial charge is 0.331 e. The number of rotatable bonds is 5. The van der Waals surface area contributed by atoms with Crippen molar-refractivity contribution in [3.63, 3.8) is 0 Å². The summed E-state index contributed by atoms with van der Waals surface area (Å²) in [5.74, 6) is 0.0785. The third kappa shape index (κ3) is 3.25. The van der Waals surface area contributed by atoms with Gasteiger partial charge in [-0.2, -0.15) is 0 Å². The van der Waals surface area contributed by atoms with Gasteiger partial charge in [-0.3, -0.25) is 0 Å². The fourth-order valence-corrected chi connectivity index (χ4v) is 6.44. The average Bonchev–Trinajstić information content (AvgIpc) is 2.40. The highest BCUT2D eigenvalue weighted by atomic mass is 16.5. The average molecular weight is 338 g/mol. The molecule has 2 unspecified atom stereocenters. The van der Waals surface area contributed by atoms with Gasteiger partial charge in [0, 0.05) is 5.54 Å². The molecule has 136 valence electrons. The summed E-state index contributed by atoms with van der Waals surface area (Å²) in [6.07, 6.45) is 6.79. The summed E-state index contributed by atoms with van der Waals surface area (Å²) in [6, 6.07) is -1.39. The second kappa shape index (κ2) is 5.90. The molecule has 6 heteroatoms. The van der Waals surface area contributed by atoms with Crippen molar-refractivity contribution in [2.24, 2.45) is 16.7 Å². The highest BCUT2D eigenvalue weighted by Gasteiger charge is 2.60. The highest BCUT2D eigenvalue weighted by molar-refractivity contribution is 5.84. The lowest BCUT2D eigenvalue weighted by Gasteiger charge is -2.65. The van der Waals surface area contributed by atoms with E-state index in [9.17, 15) is 14.7 Å². The van der Waals surface area contributed by atoms with Gasteiger partial charge in [-0.25, -0.2) is 9.59 Å². The van der Waals surface area contributed by atoms with Crippen molar-refractivity contribution in [2.45, 2.75) is 70.9 Å². The van der Waals surface area contributed by atoms with Crippen LogP contribution in [0.15, 0.2) is 0 Å². The number of urea groups is 1. The molecule has 3 atom stereocenters. The van der Waals surface area contributed by atoms with Crippen molar-refractivity contribution in [3.8, 4) is 0 Å². The molecule has 0 aromatic heterocycles. The maximum Gasteiger partial charge on any atom is 0.331 e. The maximum absolute atomic E-state index is 12.5. The van der Waals surface area contributed by atoms with Crippen molar-refractivity contribution < 1.29 is 19.4 Å². The lowest BCUT2D eigenvalue weighted by Crippen LogP contribution is -2.67. The van der Waals surface area contributed by atoms with Crippen LogP contribution in [0.1, 0.15) is 59.3 Å². The Morgan fingerprint density at radius 1 is 1.17 bits per heavy atom. The highest BCUT2D eigenvalue weighted by Crippen LogP contribution is 2.66. The van der Waals surface area contributed by atoms with Crippen LogP contribution >= 0.6 is 0 Å². The molecule has 6 nitrogen and oxygen atoms in total. The van der Waals surface area contributed by atoms with Gasteiger partial charge in [0.2, 0.25) is 0 Å². The van der Waals surface area contributed by atoms with E-state index >= 15 is 0 Å². The van der Waals surface area contributed by atoms with Crippen molar-refractivity contribution in [3.05, 3.63) is 0 Å². The minimum Gasteiger partial charge on any atom is -0.464 e. The number of nitrogens with one attached hydrogen (secondary N) is 2. The number of esters is 1. The zero-order valence-corrected chi connectivity index (χ0v) is 15.0. The summed E-state index contributed by atoms with van der Waals surface area (Å²) in [5, 5.41) is 15.1. The van der Waals surface area contributed by atoms with E-state index in [-0.39, 0.29) is 18.2 Å². The molecule has 24 heavy (non-hydrogen) atoms. The lowest BCUT2D eigenvalue weighted by atomic mass is 9.43. The molecule has 0 heterocycles. The largest absolute Gasteiger partial charge is 0.464 e. The van der Waals surface area contributed by atoms with Gasteiger partial charge >= 0.3 is 12.0 Å². The number of ether oxygens (including phenoxy) is 1. The fraction of sp³-hybridized carbons (Fsp3) is 0.889. The number of aliphatic hydroxyl groups excluding tert-OH is 1. The Balaban J connectivity index is 1.67. The quantitative estimate of drug-likeness (QED) is 0.669. The van der Waals surface area contributed by atoms with Gasteiger partial charge in [-0.05, 0) is 62.2 Å². The van der Waals surface area contributed by atoms with Crippen LogP contribution < -0.4 is 10.6 Å². The van der Waals surface area contributed by atoms with Crippen LogP contribution in [0.3, 0.4) is 0 Å². The molecule has 4 aliphatic carbocycles. The monoisotopic (exact) mass is 338 g/mol. The first-order chi connectivity index (χ1) is 11.2. The topological polar surface area (TPSA) is 87.7 Å². The number of hydrogen-bond donors (Lipinski definition) is 3. The van der Waals surface area contributed by atoms with Gasteiger partial charge in [0.1, 0.15) is 0 Å². The van der Waals surface area contributed by atoms with Crippen LogP contribution in [0.25, 0.3) is 0 Å². The number of carbonyl (C=O) groups is 2. The molecule has 0 radical (unpaired) electrons. The lowest BCUT2D eigenvalue weighted by molar-refractivity contribution is -0.146. The molecule has 0 spiro atoms. The fourth-order valence-electron chi connectivity index (χ4n) is 6.44.